The quantitative estimate of drug-likeness (QED) is 0.846. The molecule has 4 nitrogen and oxygen atoms in total. The van der Waals surface area contributed by atoms with Crippen LogP contribution < -0.4 is 5.73 Å². The first-order chi connectivity index (χ1) is 8.75. The van der Waals surface area contributed by atoms with Gasteiger partial charge in [-0.05, 0) is 49.9 Å². The molecule has 1 aromatic carbocycles. The minimum absolute atomic E-state index is 0.00556. The molecule has 0 aliphatic heterocycles. The van der Waals surface area contributed by atoms with Gasteiger partial charge in [-0.2, -0.15) is 4.31 Å². The Hall–Kier alpha value is -1.07. The first-order valence-electron chi connectivity index (χ1n) is 6.60. The molecule has 0 saturated carbocycles. The molecule has 1 rings (SSSR count). The predicted octanol–water partition coefficient (Wildman–Crippen LogP) is 2.69. The van der Waals surface area contributed by atoms with Crippen molar-refractivity contribution < 1.29 is 8.42 Å². The van der Waals surface area contributed by atoms with Gasteiger partial charge in [0.05, 0.1) is 5.69 Å². The zero-order valence-electron chi connectivity index (χ0n) is 12.4. The molecule has 0 atom stereocenters. The Morgan fingerprint density at radius 3 is 2.11 bits per heavy atom. The van der Waals surface area contributed by atoms with Crippen LogP contribution in [0.1, 0.15) is 37.8 Å². The minimum atomic E-state index is -3.52. The maximum atomic E-state index is 12.6. The Morgan fingerprint density at radius 2 is 1.63 bits per heavy atom. The number of rotatable bonds is 5. The van der Waals surface area contributed by atoms with Crippen molar-refractivity contribution in [3.63, 3.8) is 0 Å². The van der Waals surface area contributed by atoms with Crippen LogP contribution in [0.4, 0.5) is 5.69 Å². The van der Waals surface area contributed by atoms with E-state index in [-0.39, 0.29) is 10.9 Å². The molecular weight excluding hydrogens is 260 g/mol. The molecule has 0 unspecified atom stereocenters. The van der Waals surface area contributed by atoms with Crippen molar-refractivity contribution in [3.05, 3.63) is 23.3 Å². The average molecular weight is 284 g/mol. The number of sulfonamides is 1. The maximum absolute atomic E-state index is 12.6. The lowest BCUT2D eigenvalue weighted by molar-refractivity contribution is 0.350. The Morgan fingerprint density at radius 1 is 1.16 bits per heavy atom. The van der Waals surface area contributed by atoms with Gasteiger partial charge < -0.3 is 5.73 Å². The van der Waals surface area contributed by atoms with Gasteiger partial charge in [-0.1, -0.05) is 13.8 Å². The smallest absolute Gasteiger partial charge is 0.245 e. The van der Waals surface area contributed by atoms with E-state index in [1.54, 1.807) is 19.2 Å². The van der Waals surface area contributed by atoms with Crippen molar-refractivity contribution in [1.29, 1.82) is 0 Å². The third kappa shape index (κ3) is 3.09. The fourth-order valence-electron chi connectivity index (χ4n) is 2.19. The minimum Gasteiger partial charge on any atom is -0.398 e. The first-order valence-corrected chi connectivity index (χ1v) is 8.04. The first kappa shape index (κ1) is 16.0. The molecule has 1 aromatic rings. The topological polar surface area (TPSA) is 63.4 Å². The average Bonchev–Trinajstić information content (AvgIpc) is 2.34. The van der Waals surface area contributed by atoms with E-state index >= 15 is 0 Å². The Balaban J connectivity index is 3.31. The SMILES string of the molecule is CCC(CC)N(C)S(=O)(=O)c1cc(C)c(C)cc1N. The lowest BCUT2D eigenvalue weighted by Crippen LogP contribution is -2.36. The van der Waals surface area contributed by atoms with Gasteiger partial charge in [0.15, 0.2) is 0 Å². The van der Waals surface area contributed by atoms with Crippen LogP contribution in [-0.4, -0.2) is 25.8 Å². The number of hydrogen-bond donors (Lipinski definition) is 1. The van der Waals surface area contributed by atoms with Gasteiger partial charge in [-0.15, -0.1) is 0 Å². The largest absolute Gasteiger partial charge is 0.398 e. The van der Waals surface area contributed by atoms with Gasteiger partial charge in [0.2, 0.25) is 10.0 Å². The van der Waals surface area contributed by atoms with E-state index in [1.165, 1.54) is 4.31 Å². The molecule has 0 aliphatic rings. The maximum Gasteiger partial charge on any atom is 0.245 e. The van der Waals surface area contributed by atoms with Crippen LogP contribution in [0.5, 0.6) is 0 Å². The van der Waals surface area contributed by atoms with Crippen molar-refractivity contribution in [2.75, 3.05) is 12.8 Å². The second kappa shape index (κ2) is 5.92. The number of nitrogens with two attached hydrogens (primary N) is 1. The summed E-state index contributed by atoms with van der Waals surface area (Å²) in [6.07, 6.45) is 1.58. The standard InChI is InChI=1S/C14H24N2O2S/c1-6-12(7-2)16(5)19(17,18)14-9-11(4)10(3)8-13(14)15/h8-9,12H,6-7,15H2,1-5H3. The zero-order chi connectivity index (χ0) is 14.8. The van der Waals surface area contributed by atoms with E-state index in [9.17, 15) is 8.42 Å². The highest BCUT2D eigenvalue weighted by molar-refractivity contribution is 7.89. The van der Waals surface area contributed by atoms with Gasteiger partial charge in [0.25, 0.3) is 0 Å². The number of hydrogen-bond acceptors (Lipinski definition) is 3. The molecule has 2 N–H and O–H groups in total. The molecule has 0 aliphatic carbocycles. The number of anilines is 1. The molecule has 0 amide bonds. The Bertz CT molecular complexity index is 549. The summed E-state index contributed by atoms with van der Waals surface area (Å²) in [6, 6.07) is 3.40. The van der Waals surface area contributed by atoms with Crippen LogP contribution in [0.15, 0.2) is 17.0 Å². The summed E-state index contributed by atoms with van der Waals surface area (Å²) >= 11 is 0. The van der Waals surface area contributed by atoms with Crippen LogP contribution in [0, 0.1) is 13.8 Å². The summed E-state index contributed by atoms with van der Waals surface area (Å²) in [5.41, 5.74) is 8.15. The molecule has 0 spiro atoms. The van der Waals surface area contributed by atoms with E-state index in [0.717, 1.165) is 24.0 Å². The molecule has 0 radical (unpaired) electrons. The van der Waals surface area contributed by atoms with Crippen LogP contribution in [0.25, 0.3) is 0 Å². The number of nitrogens with zero attached hydrogens (tertiary/aromatic N) is 1. The highest BCUT2D eigenvalue weighted by Gasteiger charge is 2.28. The molecule has 0 fully saturated rings. The normalized spacial score (nSPS) is 12.4. The third-order valence-electron chi connectivity index (χ3n) is 3.74. The Kier molecular flexibility index (Phi) is 4.98. The van der Waals surface area contributed by atoms with Crippen molar-refractivity contribution in [1.82, 2.24) is 4.31 Å². The van der Waals surface area contributed by atoms with Crippen LogP contribution in [0.2, 0.25) is 0 Å². The molecule has 0 bridgehead atoms. The summed E-state index contributed by atoms with van der Waals surface area (Å²) in [5, 5.41) is 0. The van der Waals surface area contributed by atoms with Crippen LogP contribution >= 0.6 is 0 Å². The monoisotopic (exact) mass is 284 g/mol. The second-order valence-corrected chi connectivity index (χ2v) is 6.93. The summed E-state index contributed by atoms with van der Waals surface area (Å²) in [4.78, 5) is 0.213. The summed E-state index contributed by atoms with van der Waals surface area (Å²) in [6.45, 7) is 7.80. The molecular formula is C14H24N2O2S. The van der Waals surface area contributed by atoms with Crippen molar-refractivity contribution in [2.45, 2.75) is 51.5 Å². The molecule has 0 heterocycles. The van der Waals surface area contributed by atoms with E-state index in [1.807, 2.05) is 27.7 Å². The highest BCUT2D eigenvalue weighted by atomic mass is 32.2. The highest BCUT2D eigenvalue weighted by Crippen LogP contribution is 2.27. The van der Waals surface area contributed by atoms with Gasteiger partial charge in [0, 0.05) is 13.1 Å². The fraction of sp³-hybridized carbons (Fsp3) is 0.571. The molecule has 5 heteroatoms. The van der Waals surface area contributed by atoms with Gasteiger partial charge >= 0.3 is 0 Å². The fourth-order valence-corrected chi connectivity index (χ4v) is 3.87. The third-order valence-corrected chi connectivity index (χ3v) is 5.71. The lowest BCUT2D eigenvalue weighted by atomic mass is 10.1. The Labute approximate surface area is 116 Å². The molecule has 108 valence electrons. The van der Waals surface area contributed by atoms with Crippen LogP contribution in [-0.2, 0) is 10.0 Å². The van der Waals surface area contributed by atoms with Crippen LogP contribution in [0.3, 0.4) is 0 Å². The summed E-state index contributed by atoms with van der Waals surface area (Å²) < 4.78 is 26.7. The zero-order valence-corrected chi connectivity index (χ0v) is 13.2. The number of nitrogen functional groups attached to an aromatic ring is 1. The van der Waals surface area contributed by atoms with Gasteiger partial charge in [-0.3, -0.25) is 0 Å². The summed E-state index contributed by atoms with van der Waals surface area (Å²) in [7, 11) is -1.90. The van der Waals surface area contributed by atoms with Crippen molar-refractivity contribution in [3.8, 4) is 0 Å². The van der Waals surface area contributed by atoms with E-state index in [2.05, 4.69) is 0 Å². The summed E-state index contributed by atoms with van der Waals surface area (Å²) in [5.74, 6) is 0. The van der Waals surface area contributed by atoms with E-state index in [0.29, 0.717) is 5.69 Å². The van der Waals surface area contributed by atoms with E-state index < -0.39 is 10.0 Å². The van der Waals surface area contributed by atoms with E-state index in [4.69, 9.17) is 5.73 Å². The lowest BCUT2D eigenvalue weighted by Gasteiger charge is -2.26. The molecule has 0 saturated heterocycles. The second-order valence-electron chi connectivity index (χ2n) is 4.97. The number of aryl methyl sites for hydroxylation is 2. The predicted molar refractivity (Wildman–Crippen MR) is 79.6 cm³/mol. The van der Waals surface area contributed by atoms with Gasteiger partial charge in [-0.25, -0.2) is 8.42 Å². The van der Waals surface area contributed by atoms with Crippen molar-refractivity contribution >= 4 is 15.7 Å². The van der Waals surface area contributed by atoms with Crippen molar-refractivity contribution in [2.24, 2.45) is 0 Å². The molecule has 19 heavy (non-hydrogen) atoms. The number of benzene rings is 1. The molecule has 0 aromatic heterocycles. The van der Waals surface area contributed by atoms with Gasteiger partial charge in [0.1, 0.15) is 4.90 Å².